The first-order valence-electron chi connectivity index (χ1n) is 8.56. The Kier molecular flexibility index (Phi) is 5.35. The zero-order valence-electron chi connectivity index (χ0n) is 14.3. The molecule has 0 aliphatic heterocycles. The SMILES string of the molecule is COc1cc(C#N)c(C(=O)C2CCCC2)cc1OCc1ccccc1. The molecular formula is C21H21NO3. The molecule has 25 heavy (non-hydrogen) atoms. The fourth-order valence-electron chi connectivity index (χ4n) is 3.27. The summed E-state index contributed by atoms with van der Waals surface area (Å²) in [4.78, 5) is 12.8. The molecule has 1 saturated carbocycles. The predicted molar refractivity (Wildman–Crippen MR) is 94.8 cm³/mol. The molecule has 0 atom stereocenters. The fourth-order valence-corrected chi connectivity index (χ4v) is 3.27. The summed E-state index contributed by atoms with van der Waals surface area (Å²) < 4.78 is 11.2. The number of rotatable bonds is 6. The minimum absolute atomic E-state index is 0.0162. The van der Waals surface area contributed by atoms with Gasteiger partial charge >= 0.3 is 0 Å². The van der Waals surface area contributed by atoms with E-state index in [-0.39, 0.29) is 11.7 Å². The second-order valence-electron chi connectivity index (χ2n) is 6.28. The lowest BCUT2D eigenvalue weighted by Crippen LogP contribution is -2.13. The van der Waals surface area contributed by atoms with Crippen LogP contribution >= 0.6 is 0 Å². The highest BCUT2D eigenvalue weighted by atomic mass is 16.5. The highest BCUT2D eigenvalue weighted by Crippen LogP contribution is 2.35. The third kappa shape index (κ3) is 3.83. The van der Waals surface area contributed by atoms with Crippen LogP contribution in [0.3, 0.4) is 0 Å². The normalized spacial score (nSPS) is 14.1. The van der Waals surface area contributed by atoms with Crippen molar-refractivity contribution in [3.05, 3.63) is 59.2 Å². The maximum Gasteiger partial charge on any atom is 0.167 e. The van der Waals surface area contributed by atoms with E-state index in [0.29, 0.717) is 29.2 Å². The van der Waals surface area contributed by atoms with E-state index in [4.69, 9.17) is 9.47 Å². The van der Waals surface area contributed by atoms with Gasteiger partial charge in [0.05, 0.1) is 12.7 Å². The first-order chi connectivity index (χ1) is 12.2. The third-order valence-corrected chi connectivity index (χ3v) is 4.65. The van der Waals surface area contributed by atoms with Crippen LogP contribution in [0.15, 0.2) is 42.5 Å². The molecule has 0 spiro atoms. The molecule has 2 aromatic carbocycles. The van der Waals surface area contributed by atoms with Crippen molar-refractivity contribution in [2.75, 3.05) is 7.11 Å². The van der Waals surface area contributed by atoms with Crippen molar-refractivity contribution in [3.8, 4) is 17.6 Å². The minimum atomic E-state index is 0.0162. The maximum atomic E-state index is 12.8. The molecule has 4 nitrogen and oxygen atoms in total. The zero-order valence-corrected chi connectivity index (χ0v) is 14.3. The van der Waals surface area contributed by atoms with E-state index in [0.717, 1.165) is 31.2 Å². The Morgan fingerprint density at radius 2 is 1.88 bits per heavy atom. The average molecular weight is 335 g/mol. The van der Waals surface area contributed by atoms with Gasteiger partial charge in [-0.05, 0) is 24.5 Å². The number of carbonyl (C=O) groups is 1. The third-order valence-electron chi connectivity index (χ3n) is 4.65. The van der Waals surface area contributed by atoms with Crippen LogP contribution in [0.4, 0.5) is 0 Å². The van der Waals surface area contributed by atoms with Gasteiger partial charge in [-0.2, -0.15) is 5.26 Å². The molecule has 4 heteroatoms. The molecule has 3 rings (SSSR count). The number of benzene rings is 2. The quantitative estimate of drug-likeness (QED) is 0.728. The Hall–Kier alpha value is -2.80. The van der Waals surface area contributed by atoms with E-state index in [9.17, 15) is 10.1 Å². The fraction of sp³-hybridized carbons (Fsp3) is 0.333. The van der Waals surface area contributed by atoms with Gasteiger partial charge in [0.25, 0.3) is 0 Å². The monoisotopic (exact) mass is 335 g/mol. The molecule has 0 heterocycles. The van der Waals surface area contributed by atoms with Gasteiger partial charge in [0.1, 0.15) is 12.7 Å². The van der Waals surface area contributed by atoms with Crippen LogP contribution in [-0.4, -0.2) is 12.9 Å². The first kappa shape index (κ1) is 17.0. The molecule has 0 aromatic heterocycles. The van der Waals surface area contributed by atoms with Crippen LogP contribution in [0.5, 0.6) is 11.5 Å². The van der Waals surface area contributed by atoms with Crippen molar-refractivity contribution in [2.45, 2.75) is 32.3 Å². The molecule has 0 unspecified atom stereocenters. The smallest absolute Gasteiger partial charge is 0.167 e. The number of hydrogen-bond acceptors (Lipinski definition) is 4. The summed E-state index contributed by atoms with van der Waals surface area (Å²) in [5.41, 5.74) is 1.82. The van der Waals surface area contributed by atoms with Gasteiger partial charge in [-0.3, -0.25) is 4.79 Å². The van der Waals surface area contributed by atoms with Crippen LogP contribution in [0.25, 0.3) is 0 Å². The number of carbonyl (C=O) groups excluding carboxylic acids is 1. The van der Waals surface area contributed by atoms with E-state index >= 15 is 0 Å². The average Bonchev–Trinajstić information content (AvgIpc) is 3.20. The van der Waals surface area contributed by atoms with Gasteiger partial charge in [0.15, 0.2) is 17.3 Å². The molecule has 2 aromatic rings. The summed E-state index contributed by atoms with van der Waals surface area (Å²) in [5, 5.41) is 9.43. The highest BCUT2D eigenvalue weighted by Gasteiger charge is 2.27. The molecule has 0 N–H and O–H groups in total. The Morgan fingerprint density at radius 1 is 1.16 bits per heavy atom. The van der Waals surface area contributed by atoms with Crippen LogP contribution in [0.1, 0.15) is 47.2 Å². The van der Waals surface area contributed by atoms with Crippen molar-refractivity contribution in [1.29, 1.82) is 5.26 Å². The lowest BCUT2D eigenvalue weighted by Gasteiger charge is -2.15. The van der Waals surface area contributed by atoms with Crippen molar-refractivity contribution < 1.29 is 14.3 Å². The number of ether oxygens (including phenoxy) is 2. The maximum absolute atomic E-state index is 12.8. The molecule has 0 amide bonds. The van der Waals surface area contributed by atoms with Gasteiger partial charge in [0, 0.05) is 17.5 Å². The van der Waals surface area contributed by atoms with E-state index < -0.39 is 0 Å². The van der Waals surface area contributed by atoms with Gasteiger partial charge in [-0.1, -0.05) is 43.2 Å². The lowest BCUT2D eigenvalue weighted by molar-refractivity contribution is 0.0922. The van der Waals surface area contributed by atoms with Crippen LogP contribution in [0, 0.1) is 17.2 Å². The first-order valence-corrected chi connectivity index (χ1v) is 8.56. The standard InChI is InChI=1S/C21H21NO3/c1-24-19-11-17(13-22)18(21(23)16-9-5-6-10-16)12-20(19)25-14-15-7-3-2-4-8-15/h2-4,7-8,11-12,16H,5-6,9-10,14H2,1H3. The predicted octanol–water partition coefficient (Wildman–Crippen LogP) is 4.52. The lowest BCUT2D eigenvalue weighted by atomic mass is 9.93. The summed E-state index contributed by atoms with van der Waals surface area (Å²) in [6, 6.07) is 15.2. The zero-order chi connectivity index (χ0) is 17.6. The van der Waals surface area contributed by atoms with Crippen LogP contribution < -0.4 is 9.47 Å². The topological polar surface area (TPSA) is 59.3 Å². The number of methoxy groups -OCH3 is 1. The Morgan fingerprint density at radius 3 is 2.52 bits per heavy atom. The summed E-state index contributed by atoms with van der Waals surface area (Å²) in [6.07, 6.45) is 3.95. The van der Waals surface area contributed by atoms with Crippen molar-refractivity contribution in [1.82, 2.24) is 0 Å². The second kappa shape index (κ2) is 7.85. The molecule has 1 aliphatic carbocycles. The Labute approximate surface area is 148 Å². The molecule has 0 saturated heterocycles. The largest absolute Gasteiger partial charge is 0.493 e. The highest BCUT2D eigenvalue weighted by molar-refractivity contribution is 6.00. The van der Waals surface area contributed by atoms with Crippen LogP contribution in [0.2, 0.25) is 0 Å². The summed E-state index contributed by atoms with van der Waals surface area (Å²) in [7, 11) is 1.53. The van der Waals surface area contributed by atoms with E-state index in [1.807, 2.05) is 30.3 Å². The second-order valence-corrected chi connectivity index (χ2v) is 6.28. The van der Waals surface area contributed by atoms with E-state index in [1.54, 1.807) is 12.1 Å². The minimum Gasteiger partial charge on any atom is -0.493 e. The van der Waals surface area contributed by atoms with Gasteiger partial charge in [-0.15, -0.1) is 0 Å². The summed E-state index contributed by atoms with van der Waals surface area (Å²) >= 11 is 0. The molecule has 0 radical (unpaired) electrons. The number of ketones is 1. The number of nitrogens with zero attached hydrogens (tertiary/aromatic N) is 1. The molecule has 128 valence electrons. The summed E-state index contributed by atoms with van der Waals surface area (Å²) in [6.45, 7) is 0.375. The Balaban J connectivity index is 1.89. The van der Waals surface area contributed by atoms with Gasteiger partial charge in [0.2, 0.25) is 0 Å². The molecule has 1 aliphatic rings. The number of nitriles is 1. The van der Waals surface area contributed by atoms with E-state index in [1.165, 1.54) is 7.11 Å². The van der Waals surface area contributed by atoms with Crippen molar-refractivity contribution in [2.24, 2.45) is 5.92 Å². The number of hydrogen-bond donors (Lipinski definition) is 0. The van der Waals surface area contributed by atoms with Crippen molar-refractivity contribution >= 4 is 5.78 Å². The molecule has 1 fully saturated rings. The van der Waals surface area contributed by atoms with Gasteiger partial charge in [-0.25, -0.2) is 0 Å². The Bertz CT molecular complexity index is 787. The van der Waals surface area contributed by atoms with Crippen molar-refractivity contribution in [3.63, 3.8) is 0 Å². The van der Waals surface area contributed by atoms with E-state index in [2.05, 4.69) is 6.07 Å². The number of Topliss-reactive ketones (excluding diaryl/α,β-unsaturated/α-hetero) is 1. The molecule has 0 bridgehead atoms. The van der Waals surface area contributed by atoms with Gasteiger partial charge < -0.3 is 9.47 Å². The van der Waals surface area contributed by atoms with Crippen LogP contribution in [-0.2, 0) is 6.61 Å². The molecular weight excluding hydrogens is 314 g/mol. The summed E-state index contributed by atoms with van der Waals surface area (Å²) in [5.74, 6) is 1.02.